The van der Waals surface area contributed by atoms with Gasteiger partial charge in [0, 0.05) is 30.9 Å². The molecule has 0 aromatic heterocycles. The normalized spacial score (nSPS) is 30.5. The first kappa shape index (κ1) is 16.9. The summed E-state index contributed by atoms with van der Waals surface area (Å²) in [6, 6.07) is 11.0. The van der Waals surface area contributed by atoms with Crippen LogP contribution in [-0.4, -0.2) is 41.6 Å². The maximum Gasteiger partial charge on any atom is 0.0558 e. The Morgan fingerprint density at radius 1 is 1.19 bits per heavy atom. The number of hydrogen-bond acceptors (Lipinski definition) is 3. The van der Waals surface area contributed by atoms with Gasteiger partial charge in [0.05, 0.1) is 5.54 Å². The summed E-state index contributed by atoms with van der Waals surface area (Å²) in [5.74, 6) is 2.43. The minimum absolute atomic E-state index is 0.101. The molecular formula is C18H30N2S. The van der Waals surface area contributed by atoms with Crippen LogP contribution >= 0.6 is 11.8 Å². The van der Waals surface area contributed by atoms with Crippen LogP contribution in [0.1, 0.15) is 39.7 Å². The van der Waals surface area contributed by atoms with Crippen molar-refractivity contribution in [2.24, 2.45) is 0 Å². The monoisotopic (exact) mass is 306 g/mol. The Morgan fingerprint density at radius 3 is 2.52 bits per heavy atom. The van der Waals surface area contributed by atoms with Gasteiger partial charge in [-0.3, -0.25) is 4.90 Å². The summed E-state index contributed by atoms with van der Waals surface area (Å²) in [5, 5.41) is 3.81. The first-order chi connectivity index (χ1) is 10.0. The molecule has 118 valence electrons. The number of hydrogen-bond donors (Lipinski definition) is 1. The number of rotatable bonds is 6. The highest BCUT2D eigenvalue weighted by atomic mass is 32.2. The summed E-state index contributed by atoms with van der Waals surface area (Å²) in [6.07, 6.45) is 1.18. The molecule has 0 radical (unpaired) electrons. The Labute approximate surface area is 134 Å². The van der Waals surface area contributed by atoms with Crippen LogP contribution in [0.3, 0.4) is 0 Å². The van der Waals surface area contributed by atoms with Crippen molar-refractivity contribution in [1.82, 2.24) is 10.2 Å². The first-order valence-electron chi connectivity index (χ1n) is 8.17. The predicted octanol–water partition coefficient (Wildman–Crippen LogP) is 3.73. The molecule has 1 aliphatic heterocycles. The maximum atomic E-state index is 3.81. The fourth-order valence-electron chi connectivity index (χ4n) is 3.11. The van der Waals surface area contributed by atoms with Crippen LogP contribution in [0.4, 0.5) is 0 Å². The van der Waals surface area contributed by atoms with E-state index in [0.29, 0.717) is 0 Å². The highest BCUT2D eigenvalue weighted by Crippen LogP contribution is 2.34. The van der Waals surface area contributed by atoms with Crippen molar-refractivity contribution < 1.29 is 0 Å². The zero-order valence-electron chi connectivity index (χ0n) is 14.0. The number of benzene rings is 1. The van der Waals surface area contributed by atoms with Gasteiger partial charge >= 0.3 is 0 Å². The molecule has 0 aliphatic carbocycles. The van der Waals surface area contributed by atoms with Crippen LogP contribution in [0.15, 0.2) is 30.3 Å². The molecule has 1 aromatic carbocycles. The minimum Gasteiger partial charge on any atom is -0.308 e. The summed E-state index contributed by atoms with van der Waals surface area (Å²) < 4.78 is 0. The average Bonchev–Trinajstić information content (AvgIpc) is 2.52. The van der Waals surface area contributed by atoms with Crippen LogP contribution in [0.5, 0.6) is 0 Å². The number of nitrogens with one attached hydrogen (secondary N) is 1. The first-order valence-corrected chi connectivity index (χ1v) is 9.33. The largest absolute Gasteiger partial charge is 0.308 e. The maximum absolute atomic E-state index is 3.81. The molecule has 1 N–H and O–H groups in total. The standard InChI is InChI=1S/C18H30N2S/c1-5-17(3)15-20(12-13-21-6-2)18(4,14-19-17)16-10-8-7-9-11-16/h7-11,19H,5-6,12-15H2,1-4H3. The van der Waals surface area contributed by atoms with Crippen LogP contribution in [0, 0.1) is 0 Å². The van der Waals surface area contributed by atoms with Crippen molar-refractivity contribution in [1.29, 1.82) is 0 Å². The zero-order valence-corrected chi connectivity index (χ0v) is 14.8. The van der Waals surface area contributed by atoms with Crippen molar-refractivity contribution >= 4 is 11.8 Å². The molecule has 3 heteroatoms. The van der Waals surface area contributed by atoms with Crippen LogP contribution in [0.25, 0.3) is 0 Å². The van der Waals surface area contributed by atoms with Gasteiger partial charge in [-0.25, -0.2) is 0 Å². The highest BCUT2D eigenvalue weighted by molar-refractivity contribution is 7.99. The molecule has 1 saturated heterocycles. The lowest BCUT2D eigenvalue weighted by molar-refractivity contribution is 0.0222. The third-order valence-electron chi connectivity index (χ3n) is 4.98. The lowest BCUT2D eigenvalue weighted by atomic mass is 9.83. The van der Waals surface area contributed by atoms with Gasteiger partial charge in [0.1, 0.15) is 0 Å². The van der Waals surface area contributed by atoms with Gasteiger partial charge in [-0.15, -0.1) is 0 Å². The molecule has 2 unspecified atom stereocenters. The summed E-state index contributed by atoms with van der Waals surface area (Å²) in [7, 11) is 0. The molecule has 1 heterocycles. The van der Waals surface area contributed by atoms with E-state index >= 15 is 0 Å². The Bertz CT molecular complexity index is 436. The quantitative estimate of drug-likeness (QED) is 0.806. The summed E-state index contributed by atoms with van der Waals surface area (Å²) in [5.41, 5.74) is 1.77. The second kappa shape index (κ2) is 7.17. The van der Waals surface area contributed by atoms with Crippen molar-refractivity contribution in [3.63, 3.8) is 0 Å². The van der Waals surface area contributed by atoms with Gasteiger partial charge in [-0.1, -0.05) is 44.2 Å². The molecule has 1 aliphatic rings. The van der Waals surface area contributed by atoms with E-state index < -0.39 is 0 Å². The van der Waals surface area contributed by atoms with E-state index in [2.05, 4.69) is 68.2 Å². The molecule has 0 saturated carbocycles. The van der Waals surface area contributed by atoms with Crippen molar-refractivity contribution in [2.75, 3.05) is 31.1 Å². The van der Waals surface area contributed by atoms with E-state index in [1.54, 1.807) is 0 Å². The molecule has 1 fully saturated rings. The van der Waals surface area contributed by atoms with E-state index in [0.717, 1.165) is 13.1 Å². The molecule has 0 amide bonds. The smallest absolute Gasteiger partial charge is 0.0558 e. The Morgan fingerprint density at radius 2 is 1.90 bits per heavy atom. The zero-order chi connectivity index (χ0) is 15.3. The van der Waals surface area contributed by atoms with Gasteiger partial charge in [-0.2, -0.15) is 11.8 Å². The van der Waals surface area contributed by atoms with Crippen LogP contribution < -0.4 is 5.32 Å². The second-order valence-corrected chi connectivity index (χ2v) is 7.92. The SMILES string of the molecule is CCSCCN1CC(C)(CC)NCC1(C)c1ccccc1. The number of nitrogens with zero attached hydrogens (tertiary/aromatic N) is 1. The van der Waals surface area contributed by atoms with Crippen molar-refractivity contribution in [3.8, 4) is 0 Å². The Balaban J connectivity index is 2.21. The van der Waals surface area contributed by atoms with E-state index in [4.69, 9.17) is 0 Å². The second-order valence-electron chi connectivity index (χ2n) is 6.53. The van der Waals surface area contributed by atoms with Gasteiger partial charge in [0.2, 0.25) is 0 Å². The minimum atomic E-state index is 0.101. The topological polar surface area (TPSA) is 15.3 Å². The number of thioether (sulfide) groups is 1. The van der Waals surface area contributed by atoms with Gasteiger partial charge in [0.25, 0.3) is 0 Å². The third kappa shape index (κ3) is 3.82. The average molecular weight is 307 g/mol. The summed E-state index contributed by atoms with van der Waals surface area (Å²) in [6.45, 7) is 12.6. The molecule has 2 nitrogen and oxygen atoms in total. The van der Waals surface area contributed by atoms with Crippen molar-refractivity contribution in [2.45, 2.75) is 45.2 Å². The summed E-state index contributed by atoms with van der Waals surface area (Å²) in [4.78, 5) is 2.70. The fourth-order valence-corrected chi connectivity index (χ4v) is 3.75. The Hall–Kier alpha value is -0.510. The molecule has 0 spiro atoms. The molecular weight excluding hydrogens is 276 g/mol. The highest BCUT2D eigenvalue weighted by Gasteiger charge is 2.42. The van der Waals surface area contributed by atoms with Gasteiger partial charge in [0.15, 0.2) is 0 Å². The number of piperazine rings is 1. The molecule has 21 heavy (non-hydrogen) atoms. The summed E-state index contributed by atoms with van der Waals surface area (Å²) >= 11 is 2.04. The van der Waals surface area contributed by atoms with E-state index in [9.17, 15) is 0 Å². The fraction of sp³-hybridized carbons (Fsp3) is 0.667. The molecule has 2 atom stereocenters. The lowest BCUT2D eigenvalue weighted by Crippen LogP contribution is -2.66. The van der Waals surface area contributed by atoms with Crippen molar-refractivity contribution in [3.05, 3.63) is 35.9 Å². The van der Waals surface area contributed by atoms with Crippen LogP contribution in [-0.2, 0) is 5.54 Å². The van der Waals surface area contributed by atoms with E-state index in [-0.39, 0.29) is 11.1 Å². The van der Waals surface area contributed by atoms with E-state index in [1.165, 1.54) is 30.0 Å². The van der Waals surface area contributed by atoms with Gasteiger partial charge < -0.3 is 5.32 Å². The molecule has 2 rings (SSSR count). The Kier molecular flexibility index (Phi) is 5.75. The van der Waals surface area contributed by atoms with Gasteiger partial charge in [-0.05, 0) is 31.6 Å². The van der Waals surface area contributed by atoms with E-state index in [1.807, 2.05) is 11.8 Å². The third-order valence-corrected chi connectivity index (χ3v) is 5.86. The molecule has 0 bridgehead atoms. The van der Waals surface area contributed by atoms with Crippen LogP contribution in [0.2, 0.25) is 0 Å². The lowest BCUT2D eigenvalue weighted by Gasteiger charge is -2.52. The predicted molar refractivity (Wildman–Crippen MR) is 95.1 cm³/mol. The molecule has 1 aromatic rings.